The Morgan fingerprint density at radius 1 is 1.62 bits per heavy atom. The van der Waals surface area contributed by atoms with E-state index in [4.69, 9.17) is 11.6 Å². The van der Waals surface area contributed by atoms with Crippen LogP contribution in [0.15, 0.2) is 18.3 Å². The van der Waals surface area contributed by atoms with Crippen LogP contribution in [0.4, 0.5) is 5.82 Å². The number of pyridine rings is 1. The molecule has 0 spiro atoms. The highest BCUT2D eigenvalue weighted by Crippen LogP contribution is 2.11. The lowest BCUT2D eigenvalue weighted by atomic mass is 10.4. The molecule has 0 amide bonds. The first-order chi connectivity index (χ1) is 6.22. The van der Waals surface area contributed by atoms with Crippen molar-refractivity contribution in [1.82, 2.24) is 4.98 Å². The summed E-state index contributed by atoms with van der Waals surface area (Å²) in [7, 11) is 0. The maximum atomic E-state index is 5.71. The molecule has 4 heteroatoms. The monoisotopic (exact) mass is 216 g/mol. The van der Waals surface area contributed by atoms with Gasteiger partial charge in [0.15, 0.2) is 0 Å². The summed E-state index contributed by atoms with van der Waals surface area (Å²) in [5.74, 6) is 0.880. The van der Waals surface area contributed by atoms with Crippen molar-refractivity contribution in [2.24, 2.45) is 0 Å². The molecular weight excluding hydrogens is 204 g/mol. The van der Waals surface area contributed by atoms with Crippen molar-refractivity contribution < 1.29 is 0 Å². The summed E-state index contributed by atoms with van der Waals surface area (Å²) in [6.45, 7) is 3.10. The van der Waals surface area contributed by atoms with Gasteiger partial charge in [0.05, 0.1) is 5.02 Å². The minimum absolute atomic E-state index is 0.595. The van der Waals surface area contributed by atoms with E-state index in [-0.39, 0.29) is 0 Å². The molecule has 72 valence electrons. The van der Waals surface area contributed by atoms with E-state index in [1.165, 1.54) is 0 Å². The third-order valence-electron chi connectivity index (χ3n) is 1.70. The lowest BCUT2D eigenvalue weighted by Gasteiger charge is -2.09. The number of thioether (sulfide) groups is 1. The number of hydrogen-bond acceptors (Lipinski definition) is 3. The van der Waals surface area contributed by atoms with Crippen LogP contribution >= 0.6 is 23.4 Å². The first-order valence-electron chi connectivity index (χ1n) is 4.10. The van der Waals surface area contributed by atoms with Gasteiger partial charge in [0, 0.05) is 18.0 Å². The molecule has 0 aliphatic rings. The van der Waals surface area contributed by atoms with Crippen molar-refractivity contribution in [1.29, 1.82) is 0 Å². The largest absolute Gasteiger partial charge is 0.369 e. The van der Waals surface area contributed by atoms with Gasteiger partial charge >= 0.3 is 0 Å². The summed E-state index contributed by atoms with van der Waals surface area (Å²) >= 11 is 7.54. The van der Waals surface area contributed by atoms with Crippen molar-refractivity contribution in [3.63, 3.8) is 0 Å². The van der Waals surface area contributed by atoms with Gasteiger partial charge in [-0.2, -0.15) is 11.8 Å². The molecule has 1 aromatic heterocycles. The van der Waals surface area contributed by atoms with Crippen molar-refractivity contribution in [3.05, 3.63) is 23.4 Å². The molecule has 0 fully saturated rings. The Labute approximate surface area is 88.1 Å². The van der Waals surface area contributed by atoms with Crippen LogP contribution in [0.3, 0.4) is 0 Å². The van der Waals surface area contributed by atoms with Crippen molar-refractivity contribution in [2.75, 3.05) is 18.1 Å². The highest BCUT2D eigenvalue weighted by Gasteiger charge is 1.99. The SMILES string of the molecule is CSC(C)CNc1ccc(Cl)cn1. The molecule has 0 aliphatic heterocycles. The molecular formula is C9H13ClN2S. The fraction of sp³-hybridized carbons (Fsp3) is 0.444. The quantitative estimate of drug-likeness (QED) is 0.838. The Kier molecular flexibility index (Phi) is 4.39. The second-order valence-corrected chi connectivity index (χ2v) is 4.50. The van der Waals surface area contributed by atoms with Crippen LogP contribution < -0.4 is 5.32 Å². The van der Waals surface area contributed by atoms with Gasteiger partial charge in [-0.15, -0.1) is 0 Å². The summed E-state index contributed by atoms with van der Waals surface area (Å²) in [6, 6.07) is 3.72. The fourth-order valence-corrected chi connectivity index (χ4v) is 1.17. The highest BCUT2D eigenvalue weighted by molar-refractivity contribution is 7.99. The van der Waals surface area contributed by atoms with Gasteiger partial charge in [-0.25, -0.2) is 4.98 Å². The normalized spacial score (nSPS) is 12.5. The van der Waals surface area contributed by atoms with Gasteiger partial charge in [0.1, 0.15) is 5.82 Å². The summed E-state index contributed by atoms with van der Waals surface area (Å²) in [6.07, 6.45) is 3.75. The first kappa shape index (κ1) is 10.7. The van der Waals surface area contributed by atoms with Gasteiger partial charge in [0.2, 0.25) is 0 Å². The average molecular weight is 217 g/mol. The van der Waals surface area contributed by atoms with Gasteiger partial charge in [0.25, 0.3) is 0 Å². The Morgan fingerprint density at radius 3 is 2.92 bits per heavy atom. The van der Waals surface area contributed by atoms with Gasteiger partial charge < -0.3 is 5.32 Å². The van der Waals surface area contributed by atoms with Crippen molar-refractivity contribution in [2.45, 2.75) is 12.2 Å². The smallest absolute Gasteiger partial charge is 0.126 e. The predicted octanol–water partition coefficient (Wildman–Crippen LogP) is 2.90. The summed E-state index contributed by atoms with van der Waals surface area (Å²) in [4.78, 5) is 4.13. The Bertz CT molecular complexity index is 250. The second kappa shape index (κ2) is 5.35. The number of nitrogens with one attached hydrogen (secondary N) is 1. The molecule has 1 unspecified atom stereocenters. The van der Waals surface area contributed by atoms with E-state index in [9.17, 15) is 0 Å². The average Bonchev–Trinajstić information content (AvgIpc) is 2.16. The molecule has 0 saturated heterocycles. The minimum Gasteiger partial charge on any atom is -0.369 e. The van der Waals surface area contributed by atoms with E-state index in [0.717, 1.165) is 12.4 Å². The molecule has 0 aromatic carbocycles. The standard InChI is InChI=1S/C9H13ClN2S/c1-7(13-2)5-11-9-4-3-8(10)6-12-9/h3-4,6-7H,5H2,1-2H3,(H,11,12). The molecule has 2 nitrogen and oxygen atoms in total. The zero-order chi connectivity index (χ0) is 9.68. The van der Waals surface area contributed by atoms with Crippen LogP contribution in [0.5, 0.6) is 0 Å². The molecule has 1 rings (SSSR count). The fourth-order valence-electron chi connectivity index (χ4n) is 0.812. The second-order valence-electron chi connectivity index (χ2n) is 2.79. The van der Waals surface area contributed by atoms with E-state index in [1.54, 1.807) is 6.20 Å². The molecule has 0 radical (unpaired) electrons. The van der Waals surface area contributed by atoms with E-state index in [2.05, 4.69) is 23.5 Å². The minimum atomic E-state index is 0.595. The van der Waals surface area contributed by atoms with Gasteiger partial charge in [-0.1, -0.05) is 18.5 Å². The number of halogens is 1. The van der Waals surface area contributed by atoms with Crippen LogP contribution in [0.2, 0.25) is 5.02 Å². The number of nitrogens with zero attached hydrogens (tertiary/aromatic N) is 1. The Morgan fingerprint density at radius 2 is 2.38 bits per heavy atom. The van der Waals surface area contributed by atoms with E-state index >= 15 is 0 Å². The predicted molar refractivity (Wildman–Crippen MR) is 60.7 cm³/mol. The van der Waals surface area contributed by atoms with Crippen LogP contribution in [0, 0.1) is 0 Å². The highest BCUT2D eigenvalue weighted by atomic mass is 35.5. The lowest BCUT2D eigenvalue weighted by molar-refractivity contribution is 0.992. The van der Waals surface area contributed by atoms with E-state index in [0.29, 0.717) is 10.3 Å². The molecule has 13 heavy (non-hydrogen) atoms. The van der Waals surface area contributed by atoms with Gasteiger partial charge in [-0.05, 0) is 18.4 Å². The van der Waals surface area contributed by atoms with Crippen molar-refractivity contribution >= 4 is 29.2 Å². The lowest BCUT2D eigenvalue weighted by Crippen LogP contribution is -2.13. The number of hydrogen-bond donors (Lipinski definition) is 1. The summed E-state index contributed by atoms with van der Waals surface area (Å²) < 4.78 is 0. The van der Waals surface area contributed by atoms with Crippen LogP contribution in [-0.4, -0.2) is 23.0 Å². The van der Waals surface area contributed by atoms with Crippen LogP contribution in [0.25, 0.3) is 0 Å². The zero-order valence-corrected chi connectivity index (χ0v) is 9.32. The third-order valence-corrected chi connectivity index (χ3v) is 2.90. The number of aromatic nitrogens is 1. The van der Waals surface area contributed by atoms with Crippen molar-refractivity contribution in [3.8, 4) is 0 Å². The van der Waals surface area contributed by atoms with E-state index in [1.807, 2.05) is 23.9 Å². The number of rotatable bonds is 4. The molecule has 1 atom stereocenters. The molecule has 1 heterocycles. The Hall–Kier alpha value is -0.410. The van der Waals surface area contributed by atoms with Crippen LogP contribution in [-0.2, 0) is 0 Å². The maximum absolute atomic E-state index is 5.71. The first-order valence-corrected chi connectivity index (χ1v) is 5.77. The molecule has 0 bridgehead atoms. The zero-order valence-electron chi connectivity index (χ0n) is 7.75. The summed E-state index contributed by atoms with van der Waals surface area (Å²) in [5, 5.41) is 4.50. The molecule has 0 saturated carbocycles. The van der Waals surface area contributed by atoms with Gasteiger partial charge in [-0.3, -0.25) is 0 Å². The topological polar surface area (TPSA) is 24.9 Å². The molecule has 0 aliphatic carbocycles. The molecule has 1 aromatic rings. The maximum Gasteiger partial charge on any atom is 0.126 e. The van der Waals surface area contributed by atoms with E-state index < -0.39 is 0 Å². The number of anilines is 1. The summed E-state index contributed by atoms with van der Waals surface area (Å²) in [5.41, 5.74) is 0. The Balaban J connectivity index is 2.41. The third kappa shape index (κ3) is 3.87. The molecule has 1 N–H and O–H groups in total. The van der Waals surface area contributed by atoms with Crippen LogP contribution in [0.1, 0.15) is 6.92 Å².